The van der Waals surface area contributed by atoms with E-state index in [1.54, 1.807) is 12.3 Å². The molecule has 0 bridgehead atoms. The van der Waals surface area contributed by atoms with E-state index in [1.807, 2.05) is 35.7 Å². The van der Waals surface area contributed by atoms with Gasteiger partial charge in [-0.3, -0.25) is 4.79 Å². The molecule has 1 fully saturated rings. The summed E-state index contributed by atoms with van der Waals surface area (Å²) in [4.78, 5) is 23.7. The van der Waals surface area contributed by atoms with E-state index in [2.05, 4.69) is 26.3 Å². The zero-order valence-electron chi connectivity index (χ0n) is 15.5. The Morgan fingerprint density at radius 3 is 2.62 bits per heavy atom. The van der Waals surface area contributed by atoms with Gasteiger partial charge in [0.2, 0.25) is 5.91 Å². The Labute approximate surface area is 177 Å². The quantitative estimate of drug-likeness (QED) is 0.663. The molecule has 8 heteroatoms. The minimum Gasteiger partial charge on any atom is -0.357 e. The molecule has 2 aromatic heterocycles. The van der Waals surface area contributed by atoms with Crippen LogP contribution in [0.1, 0.15) is 18.4 Å². The molecule has 1 amide bonds. The monoisotopic (exact) mass is 423 g/mol. The highest BCUT2D eigenvalue weighted by Gasteiger charge is 2.26. The molecule has 1 aromatic carbocycles. The number of rotatable bonds is 4. The van der Waals surface area contributed by atoms with Gasteiger partial charge in [-0.25, -0.2) is 9.97 Å². The first-order valence-corrected chi connectivity index (χ1v) is 10.5. The third-order valence-electron chi connectivity index (χ3n) is 4.94. The molecule has 1 N–H and O–H groups in total. The number of nitrogens with zero attached hydrogens (tertiary/aromatic N) is 4. The highest BCUT2D eigenvalue weighted by atomic mass is 35.5. The number of benzene rings is 1. The van der Waals surface area contributed by atoms with Crippen LogP contribution in [0.4, 0.5) is 10.9 Å². The number of anilines is 2. The standard InChI is InChI=1S/C21H18ClN5OS/c22-17-4-2-15(3-5-17)18-13-29-21(25-18)26-20(28)16-7-9-27(10-8-16)19-6-1-14(11-23)12-24-19/h1-6,12-13,16H,7-10H2,(H,25,26,28). The van der Waals surface area contributed by atoms with Crippen molar-refractivity contribution in [2.24, 2.45) is 5.92 Å². The van der Waals surface area contributed by atoms with Gasteiger partial charge in [-0.15, -0.1) is 11.3 Å². The molecule has 0 saturated carbocycles. The normalized spacial score (nSPS) is 14.4. The molecule has 146 valence electrons. The number of carbonyl (C=O) groups is 1. The Morgan fingerprint density at radius 2 is 1.97 bits per heavy atom. The molecule has 1 saturated heterocycles. The van der Waals surface area contributed by atoms with Gasteiger partial charge < -0.3 is 10.2 Å². The number of nitriles is 1. The Hall–Kier alpha value is -2.95. The fourth-order valence-corrected chi connectivity index (χ4v) is 4.15. The number of hydrogen-bond acceptors (Lipinski definition) is 6. The van der Waals surface area contributed by atoms with Crippen molar-refractivity contribution in [2.45, 2.75) is 12.8 Å². The van der Waals surface area contributed by atoms with Crippen LogP contribution in [0.25, 0.3) is 11.3 Å². The smallest absolute Gasteiger partial charge is 0.229 e. The molecule has 4 rings (SSSR count). The molecular weight excluding hydrogens is 406 g/mol. The lowest BCUT2D eigenvalue weighted by Crippen LogP contribution is -2.38. The SMILES string of the molecule is N#Cc1ccc(N2CCC(C(=O)Nc3nc(-c4ccc(Cl)cc4)cs3)CC2)nc1. The second kappa shape index (κ2) is 8.60. The van der Waals surface area contributed by atoms with Crippen molar-refractivity contribution >= 4 is 39.8 Å². The molecule has 0 atom stereocenters. The number of hydrogen-bond donors (Lipinski definition) is 1. The van der Waals surface area contributed by atoms with E-state index in [9.17, 15) is 4.79 Å². The number of halogens is 1. The zero-order chi connectivity index (χ0) is 20.2. The number of amides is 1. The maximum Gasteiger partial charge on any atom is 0.229 e. The molecule has 6 nitrogen and oxygen atoms in total. The van der Waals surface area contributed by atoms with Crippen molar-refractivity contribution in [3.8, 4) is 17.3 Å². The average Bonchev–Trinajstić information content (AvgIpc) is 3.23. The number of pyridine rings is 1. The zero-order valence-corrected chi connectivity index (χ0v) is 17.1. The van der Waals surface area contributed by atoms with Gasteiger partial charge >= 0.3 is 0 Å². The minimum absolute atomic E-state index is 0.00874. The van der Waals surface area contributed by atoms with Crippen LogP contribution in [0.3, 0.4) is 0 Å². The third kappa shape index (κ3) is 4.56. The summed E-state index contributed by atoms with van der Waals surface area (Å²) < 4.78 is 0. The summed E-state index contributed by atoms with van der Waals surface area (Å²) >= 11 is 7.35. The van der Waals surface area contributed by atoms with Gasteiger partial charge in [0.1, 0.15) is 11.9 Å². The largest absolute Gasteiger partial charge is 0.357 e. The molecule has 3 aromatic rings. The Balaban J connectivity index is 1.33. The van der Waals surface area contributed by atoms with E-state index in [1.165, 1.54) is 11.3 Å². The van der Waals surface area contributed by atoms with E-state index in [0.29, 0.717) is 15.7 Å². The van der Waals surface area contributed by atoms with Crippen LogP contribution < -0.4 is 10.2 Å². The number of thiazole rings is 1. The van der Waals surface area contributed by atoms with Crippen molar-refractivity contribution in [3.63, 3.8) is 0 Å². The van der Waals surface area contributed by atoms with Crippen molar-refractivity contribution in [2.75, 3.05) is 23.3 Å². The van der Waals surface area contributed by atoms with Gasteiger partial charge in [0.15, 0.2) is 5.13 Å². The summed E-state index contributed by atoms with van der Waals surface area (Å²) in [6, 6.07) is 13.2. The maximum absolute atomic E-state index is 12.7. The molecule has 0 aliphatic carbocycles. The van der Waals surface area contributed by atoms with Crippen molar-refractivity contribution < 1.29 is 4.79 Å². The van der Waals surface area contributed by atoms with Crippen LogP contribution >= 0.6 is 22.9 Å². The molecular formula is C21H18ClN5OS. The summed E-state index contributed by atoms with van der Waals surface area (Å²) in [6.45, 7) is 1.51. The van der Waals surface area contributed by atoms with E-state index in [4.69, 9.17) is 16.9 Å². The summed E-state index contributed by atoms with van der Waals surface area (Å²) in [6.07, 6.45) is 3.08. The van der Waals surface area contributed by atoms with E-state index < -0.39 is 0 Å². The molecule has 1 aliphatic heterocycles. The molecule has 1 aliphatic rings. The maximum atomic E-state index is 12.7. The molecule has 0 radical (unpaired) electrons. The molecule has 0 unspecified atom stereocenters. The predicted octanol–water partition coefficient (Wildman–Crippen LogP) is 4.59. The van der Waals surface area contributed by atoms with Crippen LogP contribution in [0, 0.1) is 17.2 Å². The van der Waals surface area contributed by atoms with Gasteiger partial charge in [0, 0.05) is 41.2 Å². The Morgan fingerprint density at radius 1 is 1.21 bits per heavy atom. The van der Waals surface area contributed by atoms with Crippen molar-refractivity contribution in [1.82, 2.24) is 9.97 Å². The van der Waals surface area contributed by atoms with E-state index >= 15 is 0 Å². The van der Waals surface area contributed by atoms with Crippen LogP contribution in [-0.2, 0) is 4.79 Å². The molecule has 3 heterocycles. The van der Waals surface area contributed by atoms with Gasteiger partial charge in [-0.05, 0) is 37.1 Å². The number of nitrogens with one attached hydrogen (secondary N) is 1. The van der Waals surface area contributed by atoms with Gasteiger partial charge in [-0.2, -0.15) is 5.26 Å². The first kappa shape index (κ1) is 19.4. The Kier molecular flexibility index (Phi) is 5.74. The lowest BCUT2D eigenvalue weighted by molar-refractivity contribution is -0.120. The van der Waals surface area contributed by atoms with E-state index in [0.717, 1.165) is 43.0 Å². The average molecular weight is 424 g/mol. The Bertz CT molecular complexity index is 1030. The van der Waals surface area contributed by atoms with Gasteiger partial charge in [-0.1, -0.05) is 23.7 Å². The second-order valence-corrected chi connectivity index (χ2v) is 8.11. The summed E-state index contributed by atoms with van der Waals surface area (Å²) in [5.74, 6) is 0.803. The van der Waals surface area contributed by atoms with Crippen molar-refractivity contribution in [1.29, 1.82) is 5.26 Å². The highest BCUT2D eigenvalue weighted by Crippen LogP contribution is 2.28. The second-order valence-electron chi connectivity index (χ2n) is 6.81. The van der Waals surface area contributed by atoms with Crippen LogP contribution in [-0.4, -0.2) is 29.0 Å². The first-order valence-electron chi connectivity index (χ1n) is 9.26. The van der Waals surface area contributed by atoms with Gasteiger partial charge in [0.25, 0.3) is 0 Å². The minimum atomic E-state index is -0.0486. The topological polar surface area (TPSA) is 81.9 Å². The number of aromatic nitrogens is 2. The summed E-state index contributed by atoms with van der Waals surface area (Å²) in [5, 5.41) is 15.0. The van der Waals surface area contributed by atoms with Crippen LogP contribution in [0.5, 0.6) is 0 Å². The van der Waals surface area contributed by atoms with Crippen molar-refractivity contribution in [3.05, 3.63) is 58.6 Å². The number of carbonyl (C=O) groups excluding carboxylic acids is 1. The molecule has 0 spiro atoms. The van der Waals surface area contributed by atoms with Crippen LogP contribution in [0.2, 0.25) is 5.02 Å². The molecule has 29 heavy (non-hydrogen) atoms. The fourth-order valence-electron chi connectivity index (χ4n) is 3.30. The van der Waals surface area contributed by atoms with Crippen LogP contribution in [0.15, 0.2) is 48.0 Å². The fraction of sp³-hybridized carbons (Fsp3) is 0.238. The third-order valence-corrected chi connectivity index (χ3v) is 5.95. The lowest BCUT2D eigenvalue weighted by atomic mass is 9.96. The van der Waals surface area contributed by atoms with Gasteiger partial charge in [0.05, 0.1) is 11.3 Å². The summed E-state index contributed by atoms with van der Waals surface area (Å²) in [7, 11) is 0. The lowest BCUT2D eigenvalue weighted by Gasteiger charge is -2.31. The highest BCUT2D eigenvalue weighted by molar-refractivity contribution is 7.14. The van der Waals surface area contributed by atoms with E-state index in [-0.39, 0.29) is 11.8 Å². The predicted molar refractivity (Wildman–Crippen MR) is 115 cm³/mol. The first-order chi connectivity index (χ1) is 14.1. The summed E-state index contributed by atoms with van der Waals surface area (Å²) in [5.41, 5.74) is 2.34. The number of piperidine rings is 1.